The van der Waals surface area contributed by atoms with E-state index in [1.165, 1.54) is 0 Å². The third kappa shape index (κ3) is 1.77. The minimum absolute atomic E-state index is 0.571. The summed E-state index contributed by atoms with van der Waals surface area (Å²) in [4.78, 5) is 4.15. The van der Waals surface area contributed by atoms with Crippen molar-refractivity contribution in [1.29, 1.82) is 0 Å². The van der Waals surface area contributed by atoms with Gasteiger partial charge in [-0.3, -0.25) is 4.40 Å². The van der Waals surface area contributed by atoms with Gasteiger partial charge in [-0.15, -0.1) is 10.2 Å². The number of hydrogen-bond acceptors (Lipinski definition) is 3. The molecule has 0 aliphatic heterocycles. The van der Waals surface area contributed by atoms with Gasteiger partial charge in [0.15, 0.2) is 0 Å². The molecule has 0 saturated heterocycles. The van der Waals surface area contributed by atoms with E-state index in [1.807, 2.05) is 10.6 Å². The van der Waals surface area contributed by atoms with E-state index in [0.29, 0.717) is 11.7 Å². The average molecular weight is 255 g/mol. The molecule has 0 N–H and O–H groups in total. The molecule has 2 aromatic rings. The fourth-order valence-electron chi connectivity index (χ4n) is 1.31. The van der Waals surface area contributed by atoms with Crippen molar-refractivity contribution in [2.24, 2.45) is 5.92 Å². The van der Waals surface area contributed by atoms with E-state index in [9.17, 15) is 0 Å². The monoisotopic (exact) mass is 254 g/mol. The van der Waals surface area contributed by atoms with Crippen molar-refractivity contribution in [3.8, 4) is 0 Å². The maximum atomic E-state index is 4.15. The van der Waals surface area contributed by atoms with Gasteiger partial charge in [0, 0.05) is 18.8 Å². The van der Waals surface area contributed by atoms with E-state index in [1.54, 1.807) is 6.20 Å². The largest absolute Gasteiger partial charge is 0.269 e. The molecule has 0 spiro atoms. The van der Waals surface area contributed by atoms with Crippen LogP contribution >= 0.6 is 15.9 Å². The minimum atomic E-state index is 0.571. The fourth-order valence-corrected chi connectivity index (χ4v) is 1.62. The minimum Gasteiger partial charge on any atom is -0.269 e. The normalized spacial score (nSPS) is 11.4. The van der Waals surface area contributed by atoms with Crippen molar-refractivity contribution in [3.63, 3.8) is 0 Å². The SMILES string of the molecule is CC(C)Cc1nnc2ncc(Br)cn12. The first kappa shape index (κ1) is 9.58. The van der Waals surface area contributed by atoms with Gasteiger partial charge < -0.3 is 0 Å². The van der Waals surface area contributed by atoms with Crippen LogP contribution in [0.5, 0.6) is 0 Å². The summed E-state index contributed by atoms with van der Waals surface area (Å²) in [7, 11) is 0. The molecule has 0 fully saturated rings. The molecule has 0 aliphatic carbocycles. The number of halogens is 1. The van der Waals surface area contributed by atoms with E-state index >= 15 is 0 Å². The Labute approximate surface area is 90.5 Å². The Morgan fingerprint density at radius 1 is 1.43 bits per heavy atom. The highest BCUT2D eigenvalue weighted by molar-refractivity contribution is 9.10. The molecule has 0 aliphatic rings. The number of nitrogens with zero attached hydrogens (tertiary/aromatic N) is 4. The molecule has 0 aromatic carbocycles. The lowest BCUT2D eigenvalue weighted by Crippen LogP contribution is -2.00. The third-order valence-corrected chi connectivity index (χ3v) is 2.30. The van der Waals surface area contributed by atoms with Crippen molar-refractivity contribution in [2.75, 3.05) is 0 Å². The van der Waals surface area contributed by atoms with Gasteiger partial charge in [-0.25, -0.2) is 4.98 Å². The second-order valence-corrected chi connectivity index (χ2v) is 4.57. The Kier molecular flexibility index (Phi) is 2.50. The van der Waals surface area contributed by atoms with Crippen LogP contribution < -0.4 is 0 Å². The van der Waals surface area contributed by atoms with Crippen LogP contribution in [0.25, 0.3) is 5.78 Å². The number of aromatic nitrogens is 4. The molecule has 0 bridgehead atoms. The second kappa shape index (κ2) is 3.65. The first-order chi connectivity index (χ1) is 6.66. The highest BCUT2D eigenvalue weighted by Gasteiger charge is 2.07. The highest BCUT2D eigenvalue weighted by atomic mass is 79.9. The maximum absolute atomic E-state index is 4.15. The summed E-state index contributed by atoms with van der Waals surface area (Å²) < 4.78 is 2.86. The zero-order valence-electron chi connectivity index (χ0n) is 8.11. The predicted molar refractivity (Wildman–Crippen MR) is 57.0 cm³/mol. The fraction of sp³-hybridized carbons (Fsp3) is 0.444. The van der Waals surface area contributed by atoms with Crippen LogP contribution in [0.15, 0.2) is 16.9 Å². The van der Waals surface area contributed by atoms with Crippen LogP contribution in [0.1, 0.15) is 19.7 Å². The van der Waals surface area contributed by atoms with Gasteiger partial charge in [0.1, 0.15) is 5.82 Å². The quantitative estimate of drug-likeness (QED) is 0.825. The molecule has 14 heavy (non-hydrogen) atoms. The van der Waals surface area contributed by atoms with Crippen molar-refractivity contribution in [2.45, 2.75) is 20.3 Å². The summed E-state index contributed by atoms with van der Waals surface area (Å²) in [5, 5.41) is 8.10. The van der Waals surface area contributed by atoms with Gasteiger partial charge in [0.05, 0.1) is 4.47 Å². The first-order valence-corrected chi connectivity index (χ1v) is 5.31. The topological polar surface area (TPSA) is 43.1 Å². The summed E-state index contributed by atoms with van der Waals surface area (Å²) in [5.41, 5.74) is 0. The van der Waals surface area contributed by atoms with Gasteiger partial charge in [-0.05, 0) is 21.8 Å². The van der Waals surface area contributed by atoms with Gasteiger partial charge >= 0.3 is 0 Å². The number of hydrogen-bond donors (Lipinski definition) is 0. The molecule has 2 rings (SSSR count). The molecule has 2 aromatic heterocycles. The molecule has 74 valence electrons. The van der Waals surface area contributed by atoms with Crippen LogP contribution in [-0.2, 0) is 6.42 Å². The van der Waals surface area contributed by atoms with E-state index in [4.69, 9.17) is 0 Å². The zero-order valence-corrected chi connectivity index (χ0v) is 9.69. The summed E-state index contributed by atoms with van der Waals surface area (Å²) in [5.74, 6) is 2.19. The lowest BCUT2D eigenvalue weighted by molar-refractivity contribution is 0.615. The molecule has 4 nitrogen and oxygen atoms in total. The Balaban J connectivity index is 2.50. The van der Waals surface area contributed by atoms with Crippen LogP contribution in [0.2, 0.25) is 0 Å². The molecule has 2 heterocycles. The molecule has 0 saturated carbocycles. The zero-order chi connectivity index (χ0) is 10.1. The second-order valence-electron chi connectivity index (χ2n) is 3.66. The standard InChI is InChI=1S/C9H11BrN4/c1-6(2)3-8-12-13-9-11-4-7(10)5-14(8)9/h4-6H,3H2,1-2H3. The molecule has 0 amide bonds. The van der Waals surface area contributed by atoms with Gasteiger partial charge in [-0.1, -0.05) is 13.8 Å². The summed E-state index contributed by atoms with van der Waals surface area (Å²) in [6.45, 7) is 4.32. The molecule has 5 heteroatoms. The van der Waals surface area contributed by atoms with Crippen molar-refractivity contribution >= 4 is 21.7 Å². The van der Waals surface area contributed by atoms with Gasteiger partial charge in [-0.2, -0.15) is 0 Å². The molecular weight excluding hydrogens is 244 g/mol. The molecule has 0 unspecified atom stereocenters. The van der Waals surface area contributed by atoms with Gasteiger partial charge in [0.2, 0.25) is 0 Å². The lowest BCUT2D eigenvalue weighted by atomic mass is 10.1. The van der Waals surface area contributed by atoms with Crippen LogP contribution in [0.4, 0.5) is 0 Å². The summed E-state index contributed by atoms with van der Waals surface area (Å²) >= 11 is 3.38. The number of fused-ring (bicyclic) bond motifs is 1. The number of rotatable bonds is 2. The van der Waals surface area contributed by atoms with E-state index in [-0.39, 0.29) is 0 Å². The van der Waals surface area contributed by atoms with Crippen LogP contribution in [0.3, 0.4) is 0 Å². The van der Waals surface area contributed by atoms with E-state index < -0.39 is 0 Å². The Morgan fingerprint density at radius 2 is 2.21 bits per heavy atom. The average Bonchev–Trinajstić information content (AvgIpc) is 2.47. The lowest BCUT2D eigenvalue weighted by Gasteiger charge is -2.02. The third-order valence-electron chi connectivity index (χ3n) is 1.90. The molecule has 0 atom stereocenters. The Morgan fingerprint density at radius 3 is 2.93 bits per heavy atom. The Hall–Kier alpha value is -0.970. The van der Waals surface area contributed by atoms with Crippen molar-refractivity contribution in [3.05, 3.63) is 22.7 Å². The predicted octanol–water partition coefficient (Wildman–Crippen LogP) is 2.09. The van der Waals surface area contributed by atoms with Crippen molar-refractivity contribution in [1.82, 2.24) is 19.6 Å². The van der Waals surface area contributed by atoms with E-state index in [0.717, 1.165) is 16.7 Å². The summed E-state index contributed by atoms with van der Waals surface area (Å²) in [6.07, 6.45) is 4.59. The molecular formula is C9H11BrN4. The summed E-state index contributed by atoms with van der Waals surface area (Å²) in [6, 6.07) is 0. The Bertz CT molecular complexity index is 449. The van der Waals surface area contributed by atoms with Crippen LogP contribution in [0, 0.1) is 5.92 Å². The van der Waals surface area contributed by atoms with Crippen molar-refractivity contribution < 1.29 is 0 Å². The smallest absolute Gasteiger partial charge is 0.255 e. The highest BCUT2D eigenvalue weighted by Crippen LogP contribution is 2.11. The van der Waals surface area contributed by atoms with Gasteiger partial charge in [0.25, 0.3) is 5.78 Å². The molecule has 0 radical (unpaired) electrons. The first-order valence-electron chi connectivity index (χ1n) is 4.52. The van der Waals surface area contributed by atoms with E-state index in [2.05, 4.69) is 45.0 Å². The maximum Gasteiger partial charge on any atom is 0.255 e. The van der Waals surface area contributed by atoms with Crippen LogP contribution in [-0.4, -0.2) is 19.6 Å².